The molecule has 1 unspecified atom stereocenters. The van der Waals surface area contributed by atoms with Crippen LogP contribution in [0.3, 0.4) is 0 Å². The van der Waals surface area contributed by atoms with E-state index in [1.807, 2.05) is 42.7 Å². The predicted octanol–water partition coefficient (Wildman–Crippen LogP) is 3.39. The second-order valence-electron chi connectivity index (χ2n) is 5.86. The lowest BCUT2D eigenvalue weighted by Gasteiger charge is -2.11. The highest BCUT2D eigenvalue weighted by molar-refractivity contribution is 8.00. The van der Waals surface area contributed by atoms with Crippen molar-refractivity contribution in [3.63, 3.8) is 0 Å². The van der Waals surface area contributed by atoms with Gasteiger partial charge >= 0.3 is 0 Å². The van der Waals surface area contributed by atoms with E-state index < -0.39 is 0 Å². The molecule has 1 atom stereocenters. The van der Waals surface area contributed by atoms with Gasteiger partial charge in [-0.15, -0.1) is 10.2 Å². The monoisotopic (exact) mass is 387 g/mol. The average molecular weight is 387 g/mol. The minimum Gasteiger partial charge on any atom is -0.497 e. The number of aryl methyl sites for hydroxylation is 1. The van der Waals surface area contributed by atoms with Crippen LogP contribution in [0, 0.1) is 6.92 Å². The van der Waals surface area contributed by atoms with E-state index >= 15 is 0 Å². The summed E-state index contributed by atoms with van der Waals surface area (Å²) in [7, 11) is 1.63. The van der Waals surface area contributed by atoms with Crippen LogP contribution >= 0.6 is 11.8 Å². The van der Waals surface area contributed by atoms with E-state index in [0.29, 0.717) is 23.3 Å². The minimum absolute atomic E-state index is 0.187. The van der Waals surface area contributed by atoms with E-state index in [-0.39, 0.29) is 11.2 Å². The van der Waals surface area contributed by atoms with Gasteiger partial charge in [-0.2, -0.15) is 0 Å². The molecule has 27 heavy (non-hydrogen) atoms. The highest BCUT2D eigenvalue weighted by atomic mass is 32.2. The molecule has 0 saturated carbocycles. The summed E-state index contributed by atoms with van der Waals surface area (Å²) >= 11 is 1.34. The molecule has 1 N–H and O–H groups in total. The Bertz CT molecular complexity index is 919. The predicted molar refractivity (Wildman–Crippen MR) is 103 cm³/mol. The number of nitrogens with one attached hydrogen (secondary N) is 1. The number of carbonyl (C=O) groups excluding carboxylic acids is 1. The molecule has 3 aromatic rings. The van der Waals surface area contributed by atoms with E-state index in [1.165, 1.54) is 11.8 Å². The molecular formula is C18H21N5O3S. The van der Waals surface area contributed by atoms with Gasteiger partial charge in [0.15, 0.2) is 11.0 Å². The van der Waals surface area contributed by atoms with Crippen molar-refractivity contribution < 1.29 is 14.1 Å². The summed E-state index contributed by atoms with van der Waals surface area (Å²) in [5, 5.41) is 15.3. The molecule has 0 fully saturated rings. The molecule has 0 radical (unpaired) electrons. The van der Waals surface area contributed by atoms with Crippen molar-refractivity contribution in [3.8, 4) is 17.1 Å². The summed E-state index contributed by atoms with van der Waals surface area (Å²) in [5.41, 5.74) is 1.65. The summed E-state index contributed by atoms with van der Waals surface area (Å²) in [6.45, 7) is 6.31. The quantitative estimate of drug-likeness (QED) is 0.621. The highest BCUT2D eigenvalue weighted by Gasteiger charge is 2.21. The first-order valence-corrected chi connectivity index (χ1v) is 9.38. The first kappa shape index (κ1) is 19.0. The van der Waals surface area contributed by atoms with Crippen LogP contribution in [0.25, 0.3) is 11.4 Å². The second kappa shape index (κ2) is 8.26. The van der Waals surface area contributed by atoms with Gasteiger partial charge in [0.25, 0.3) is 0 Å². The fourth-order valence-electron chi connectivity index (χ4n) is 2.47. The molecule has 1 aromatic carbocycles. The van der Waals surface area contributed by atoms with Crippen LogP contribution in [0.2, 0.25) is 0 Å². The van der Waals surface area contributed by atoms with Gasteiger partial charge in [0.1, 0.15) is 5.75 Å². The summed E-state index contributed by atoms with van der Waals surface area (Å²) < 4.78 is 12.2. The SMILES string of the molecule is CCn1c(SC(C)C(=O)Nc2cc(C)no2)nnc1-c1ccc(OC)cc1. The number of hydrogen-bond acceptors (Lipinski definition) is 7. The molecule has 0 spiro atoms. The first-order chi connectivity index (χ1) is 13.0. The zero-order chi connectivity index (χ0) is 19.4. The Morgan fingerprint density at radius 1 is 1.33 bits per heavy atom. The summed E-state index contributed by atoms with van der Waals surface area (Å²) in [4.78, 5) is 12.4. The van der Waals surface area contributed by atoms with Gasteiger partial charge in [0.05, 0.1) is 18.1 Å². The standard InChI is InChI=1S/C18H21N5O3S/c1-5-23-16(13-6-8-14(25-4)9-7-13)20-21-18(23)27-12(3)17(24)19-15-10-11(2)22-26-15/h6-10,12H,5H2,1-4H3,(H,19,24). The molecule has 142 valence electrons. The lowest BCUT2D eigenvalue weighted by Crippen LogP contribution is -2.22. The number of hydrogen-bond donors (Lipinski definition) is 1. The number of aromatic nitrogens is 4. The van der Waals surface area contributed by atoms with Crippen LogP contribution < -0.4 is 10.1 Å². The summed E-state index contributed by atoms with van der Waals surface area (Å²) in [6, 6.07) is 9.31. The van der Waals surface area contributed by atoms with Gasteiger partial charge in [0, 0.05) is 18.2 Å². The zero-order valence-electron chi connectivity index (χ0n) is 15.6. The minimum atomic E-state index is -0.381. The maximum absolute atomic E-state index is 12.4. The lowest BCUT2D eigenvalue weighted by atomic mass is 10.2. The molecule has 0 aliphatic carbocycles. The number of methoxy groups -OCH3 is 1. The maximum Gasteiger partial charge on any atom is 0.240 e. The third kappa shape index (κ3) is 4.30. The Morgan fingerprint density at radius 2 is 2.07 bits per heavy atom. The largest absolute Gasteiger partial charge is 0.497 e. The molecular weight excluding hydrogens is 366 g/mol. The van der Waals surface area contributed by atoms with Gasteiger partial charge in [-0.05, 0) is 45.0 Å². The lowest BCUT2D eigenvalue weighted by molar-refractivity contribution is -0.115. The number of benzene rings is 1. The topological polar surface area (TPSA) is 95.1 Å². The number of ether oxygens (including phenoxy) is 1. The Kier molecular flexibility index (Phi) is 5.80. The van der Waals surface area contributed by atoms with Gasteiger partial charge in [-0.3, -0.25) is 10.1 Å². The third-order valence-corrected chi connectivity index (χ3v) is 4.99. The van der Waals surface area contributed by atoms with E-state index in [0.717, 1.165) is 17.1 Å². The van der Waals surface area contributed by atoms with Gasteiger partial charge in [-0.1, -0.05) is 16.9 Å². The van der Waals surface area contributed by atoms with Crippen LogP contribution in [0.15, 0.2) is 40.0 Å². The van der Waals surface area contributed by atoms with Gasteiger partial charge in [0.2, 0.25) is 11.8 Å². The number of anilines is 1. The highest BCUT2D eigenvalue weighted by Crippen LogP contribution is 2.28. The number of carbonyl (C=O) groups is 1. The zero-order valence-corrected chi connectivity index (χ0v) is 16.4. The van der Waals surface area contributed by atoms with Crippen LogP contribution in [0.1, 0.15) is 19.5 Å². The van der Waals surface area contributed by atoms with E-state index in [9.17, 15) is 4.79 Å². The van der Waals surface area contributed by atoms with Crippen LogP contribution in [0.4, 0.5) is 5.88 Å². The van der Waals surface area contributed by atoms with E-state index in [1.54, 1.807) is 20.1 Å². The Hall–Kier alpha value is -2.81. The molecule has 9 heteroatoms. The van der Waals surface area contributed by atoms with Crippen LogP contribution in [-0.4, -0.2) is 38.2 Å². The van der Waals surface area contributed by atoms with Crippen LogP contribution in [0.5, 0.6) is 5.75 Å². The van der Waals surface area contributed by atoms with Crippen molar-refractivity contribution >= 4 is 23.6 Å². The van der Waals surface area contributed by atoms with Crippen molar-refractivity contribution in [2.75, 3.05) is 12.4 Å². The van der Waals surface area contributed by atoms with Crippen molar-refractivity contribution in [1.29, 1.82) is 0 Å². The van der Waals surface area contributed by atoms with Crippen molar-refractivity contribution in [2.45, 2.75) is 37.7 Å². The number of thioether (sulfide) groups is 1. The van der Waals surface area contributed by atoms with Gasteiger partial charge in [-0.25, -0.2) is 0 Å². The first-order valence-electron chi connectivity index (χ1n) is 8.50. The van der Waals surface area contributed by atoms with E-state index in [2.05, 4.69) is 20.7 Å². The number of nitrogens with zero attached hydrogens (tertiary/aromatic N) is 4. The second-order valence-corrected chi connectivity index (χ2v) is 7.17. The van der Waals surface area contributed by atoms with E-state index in [4.69, 9.17) is 9.26 Å². The number of amides is 1. The molecule has 0 bridgehead atoms. The maximum atomic E-state index is 12.4. The number of rotatable bonds is 7. The van der Waals surface area contributed by atoms with Crippen molar-refractivity contribution in [2.24, 2.45) is 0 Å². The Balaban J connectivity index is 1.74. The van der Waals surface area contributed by atoms with Gasteiger partial charge < -0.3 is 13.8 Å². The third-order valence-electron chi connectivity index (χ3n) is 3.91. The van der Waals surface area contributed by atoms with Crippen molar-refractivity contribution in [1.82, 2.24) is 19.9 Å². The molecule has 3 rings (SSSR count). The normalized spacial score (nSPS) is 12.0. The smallest absolute Gasteiger partial charge is 0.240 e. The summed E-state index contributed by atoms with van der Waals surface area (Å²) in [5.74, 6) is 1.68. The molecule has 2 heterocycles. The summed E-state index contributed by atoms with van der Waals surface area (Å²) in [6.07, 6.45) is 0. The molecule has 1 amide bonds. The molecule has 2 aromatic heterocycles. The van der Waals surface area contributed by atoms with Crippen molar-refractivity contribution in [3.05, 3.63) is 36.0 Å². The molecule has 8 nitrogen and oxygen atoms in total. The fourth-order valence-corrected chi connectivity index (χ4v) is 3.38. The molecule has 0 aliphatic rings. The van der Waals surface area contributed by atoms with Crippen LogP contribution in [-0.2, 0) is 11.3 Å². The fraction of sp³-hybridized carbons (Fsp3) is 0.333. The Labute approximate surface area is 161 Å². The Morgan fingerprint density at radius 3 is 2.67 bits per heavy atom. The average Bonchev–Trinajstić information content (AvgIpc) is 3.27. The molecule has 0 aliphatic heterocycles. The molecule has 0 saturated heterocycles.